The lowest BCUT2D eigenvalue weighted by Gasteiger charge is -2.07. The van der Waals surface area contributed by atoms with Crippen LogP contribution >= 0.6 is 0 Å². The number of ether oxygens (including phenoxy) is 2. The molecule has 9 heteroatoms. The van der Waals surface area contributed by atoms with E-state index in [0.29, 0.717) is 22.7 Å². The lowest BCUT2D eigenvalue weighted by molar-refractivity contribution is -0.143. The molecule has 0 atom stereocenters. The Morgan fingerprint density at radius 1 is 1.26 bits per heavy atom. The SMILES string of the molecule is COc1cccc(C(=O)NCC(=O)OCc2cc(=O)n3oc(C)cc3n2)c1. The first-order valence-electron chi connectivity index (χ1n) is 8.04. The van der Waals surface area contributed by atoms with Gasteiger partial charge in [0.2, 0.25) is 0 Å². The Labute approximate surface area is 153 Å². The molecule has 0 aliphatic heterocycles. The quantitative estimate of drug-likeness (QED) is 0.645. The number of nitrogens with zero attached hydrogens (tertiary/aromatic N) is 2. The number of aromatic nitrogens is 2. The van der Waals surface area contributed by atoms with Crippen molar-refractivity contribution < 1.29 is 23.6 Å². The fraction of sp³-hybridized carbons (Fsp3) is 0.222. The zero-order valence-corrected chi connectivity index (χ0v) is 14.7. The second-order valence-corrected chi connectivity index (χ2v) is 5.66. The summed E-state index contributed by atoms with van der Waals surface area (Å²) in [5, 5.41) is 2.46. The van der Waals surface area contributed by atoms with Crippen LogP contribution in [0.3, 0.4) is 0 Å². The van der Waals surface area contributed by atoms with Gasteiger partial charge in [0.1, 0.15) is 24.7 Å². The zero-order chi connectivity index (χ0) is 19.4. The molecule has 140 valence electrons. The van der Waals surface area contributed by atoms with E-state index in [1.807, 2.05) is 0 Å². The van der Waals surface area contributed by atoms with Crippen molar-refractivity contribution in [1.29, 1.82) is 0 Å². The van der Waals surface area contributed by atoms with E-state index in [-0.39, 0.29) is 18.8 Å². The molecule has 3 aromatic rings. The Kier molecular flexibility index (Phi) is 5.20. The number of rotatable bonds is 6. The minimum atomic E-state index is -0.656. The van der Waals surface area contributed by atoms with Crippen LogP contribution < -0.4 is 15.6 Å². The third-order valence-electron chi connectivity index (χ3n) is 3.63. The number of fused-ring (bicyclic) bond motifs is 1. The first kappa shape index (κ1) is 18.2. The molecule has 0 aliphatic rings. The molecule has 0 saturated carbocycles. The van der Waals surface area contributed by atoms with Crippen LogP contribution in [0.5, 0.6) is 5.75 Å². The molecule has 1 amide bonds. The third kappa shape index (κ3) is 4.32. The maximum absolute atomic E-state index is 12.0. The number of aryl methyl sites for hydroxylation is 1. The summed E-state index contributed by atoms with van der Waals surface area (Å²) in [5.41, 5.74) is 0.564. The van der Waals surface area contributed by atoms with Crippen molar-refractivity contribution in [3.63, 3.8) is 0 Å². The van der Waals surface area contributed by atoms with E-state index < -0.39 is 17.4 Å². The van der Waals surface area contributed by atoms with Gasteiger partial charge in [-0.3, -0.25) is 14.4 Å². The number of carbonyl (C=O) groups is 2. The molecule has 27 heavy (non-hydrogen) atoms. The van der Waals surface area contributed by atoms with Gasteiger partial charge in [-0.05, 0) is 25.1 Å². The summed E-state index contributed by atoms with van der Waals surface area (Å²) >= 11 is 0. The Morgan fingerprint density at radius 2 is 2.07 bits per heavy atom. The summed E-state index contributed by atoms with van der Waals surface area (Å²) in [6.07, 6.45) is 0. The highest BCUT2D eigenvalue weighted by Crippen LogP contribution is 2.12. The summed E-state index contributed by atoms with van der Waals surface area (Å²) in [5.74, 6) is -0.0180. The summed E-state index contributed by atoms with van der Waals surface area (Å²) in [6.45, 7) is 1.19. The predicted molar refractivity (Wildman–Crippen MR) is 93.6 cm³/mol. The normalized spacial score (nSPS) is 10.6. The van der Waals surface area contributed by atoms with Crippen molar-refractivity contribution >= 4 is 17.5 Å². The standard InChI is InChI=1S/C18H17N3O6/c1-11-6-15-20-13(8-16(22)21(15)27-11)10-26-17(23)9-19-18(24)12-4-3-5-14(7-12)25-2/h3-8H,9-10H2,1-2H3,(H,19,24). The highest BCUT2D eigenvalue weighted by Gasteiger charge is 2.12. The highest BCUT2D eigenvalue weighted by molar-refractivity contribution is 5.96. The van der Waals surface area contributed by atoms with Crippen LogP contribution in [0.25, 0.3) is 5.65 Å². The second kappa shape index (κ2) is 7.73. The molecule has 0 spiro atoms. The summed E-state index contributed by atoms with van der Waals surface area (Å²) < 4.78 is 16.3. The third-order valence-corrected chi connectivity index (χ3v) is 3.63. The fourth-order valence-corrected chi connectivity index (χ4v) is 2.37. The highest BCUT2D eigenvalue weighted by atomic mass is 16.5. The molecule has 0 radical (unpaired) electrons. The van der Waals surface area contributed by atoms with Gasteiger partial charge in [0.25, 0.3) is 11.5 Å². The molecule has 0 bridgehead atoms. The number of methoxy groups -OCH3 is 1. The van der Waals surface area contributed by atoms with Crippen molar-refractivity contribution in [3.8, 4) is 5.75 Å². The predicted octanol–water partition coefficient (Wildman–Crippen LogP) is 1.08. The lowest BCUT2D eigenvalue weighted by Crippen LogP contribution is -2.30. The van der Waals surface area contributed by atoms with Crippen LogP contribution in [0.4, 0.5) is 0 Å². The second-order valence-electron chi connectivity index (χ2n) is 5.66. The first-order valence-corrected chi connectivity index (χ1v) is 8.04. The minimum absolute atomic E-state index is 0.191. The van der Waals surface area contributed by atoms with Gasteiger partial charge in [-0.1, -0.05) is 6.07 Å². The number of carbonyl (C=O) groups excluding carboxylic acids is 2. The van der Waals surface area contributed by atoms with Gasteiger partial charge in [0.15, 0.2) is 5.65 Å². The van der Waals surface area contributed by atoms with Crippen LogP contribution in [0.1, 0.15) is 21.8 Å². The Hall–Kier alpha value is -3.62. The number of amides is 1. The number of esters is 1. The monoisotopic (exact) mass is 371 g/mol. The summed E-state index contributed by atoms with van der Waals surface area (Å²) in [4.78, 5) is 40.0. The van der Waals surface area contributed by atoms with Gasteiger partial charge in [-0.25, -0.2) is 4.98 Å². The molecule has 0 aliphatic carbocycles. The van der Waals surface area contributed by atoms with E-state index in [1.54, 1.807) is 37.3 Å². The zero-order valence-electron chi connectivity index (χ0n) is 14.7. The van der Waals surface area contributed by atoms with Gasteiger partial charge in [-0.15, -0.1) is 4.57 Å². The van der Waals surface area contributed by atoms with E-state index in [4.69, 9.17) is 14.0 Å². The fourth-order valence-electron chi connectivity index (χ4n) is 2.37. The number of benzene rings is 1. The van der Waals surface area contributed by atoms with Crippen LogP contribution in [0.15, 0.2) is 45.7 Å². The molecule has 0 saturated heterocycles. The smallest absolute Gasteiger partial charge is 0.325 e. The minimum Gasteiger partial charge on any atom is -0.497 e. The maximum atomic E-state index is 12.0. The van der Waals surface area contributed by atoms with Crippen LogP contribution in [0.2, 0.25) is 0 Å². The largest absolute Gasteiger partial charge is 0.497 e. The van der Waals surface area contributed by atoms with Gasteiger partial charge in [0.05, 0.1) is 12.8 Å². The molecule has 0 unspecified atom stereocenters. The average molecular weight is 371 g/mol. The van der Waals surface area contributed by atoms with Crippen LogP contribution in [0, 0.1) is 6.92 Å². The molecule has 3 rings (SSSR count). The van der Waals surface area contributed by atoms with Crippen molar-refractivity contribution in [2.24, 2.45) is 0 Å². The molecule has 9 nitrogen and oxygen atoms in total. The summed E-state index contributed by atoms with van der Waals surface area (Å²) in [6, 6.07) is 9.35. The van der Waals surface area contributed by atoms with Crippen molar-refractivity contribution in [1.82, 2.24) is 14.9 Å². The average Bonchev–Trinajstić information content (AvgIpc) is 3.05. The van der Waals surface area contributed by atoms with Crippen molar-refractivity contribution in [2.45, 2.75) is 13.5 Å². The van der Waals surface area contributed by atoms with Crippen LogP contribution in [-0.2, 0) is 16.1 Å². The molecule has 1 aromatic carbocycles. The molecule has 1 N–H and O–H groups in total. The van der Waals surface area contributed by atoms with E-state index in [9.17, 15) is 14.4 Å². The number of nitrogens with one attached hydrogen (secondary N) is 1. The summed E-state index contributed by atoms with van der Waals surface area (Å²) in [7, 11) is 1.50. The van der Waals surface area contributed by atoms with E-state index >= 15 is 0 Å². The lowest BCUT2D eigenvalue weighted by atomic mass is 10.2. The Morgan fingerprint density at radius 3 is 2.85 bits per heavy atom. The first-order chi connectivity index (χ1) is 13.0. The van der Waals surface area contributed by atoms with E-state index in [2.05, 4.69) is 10.3 Å². The number of hydrogen-bond acceptors (Lipinski definition) is 7. The van der Waals surface area contributed by atoms with E-state index in [1.165, 1.54) is 13.2 Å². The molecule has 0 fully saturated rings. The molecule has 2 heterocycles. The van der Waals surface area contributed by atoms with Gasteiger partial charge in [0, 0.05) is 17.7 Å². The number of hydrogen-bond donors (Lipinski definition) is 1. The van der Waals surface area contributed by atoms with Gasteiger partial charge < -0.3 is 19.3 Å². The molecular formula is C18H17N3O6. The van der Waals surface area contributed by atoms with Crippen molar-refractivity contribution in [2.75, 3.05) is 13.7 Å². The van der Waals surface area contributed by atoms with Crippen LogP contribution in [-0.4, -0.2) is 35.1 Å². The van der Waals surface area contributed by atoms with Gasteiger partial charge >= 0.3 is 5.97 Å². The molecule has 2 aromatic heterocycles. The Balaban J connectivity index is 1.55. The topological polar surface area (TPSA) is 112 Å². The van der Waals surface area contributed by atoms with Gasteiger partial charge in [-0.2, -0.15) is 0 Å². The van der Waals surface area contributed by atoms with Crippen molar-refractivity contribution in [3.05, 3.63) is 63.8 Å². The Bertz CT molecular complexity index is 1050. The molecular weight excluding hydrogens is 354 g/mol. The maximum Gasteiger partial charge on any atom is 0.325 e. The van der Waals surface area contributed by atoms with E-state index in [0.717, 1.165) is 4.57 Å².